The third kappa shape index (κ3) is 5.64. The van der Waals surface area contributed by atoms with Crippen molar-refractivity contribution in [3.05, 3.63) is 0 Å². The first kappa shape index (κ1) is 12.4. The van der Waals surface area contributed by atoms with Crippen LogP contribution in [0.3, 0.4) is 0 Å². The Morgan fingerprint density at radius 3 is 2.46 bits per heavy atom. The Morgan fingerprint density at radius 1 is 1.46 bits per heavy atom. The molecular weight excluding hydrogens is 166 g/mol. The average Bonchev–Trinajstić information content (AvgIpc) is 2.05. The Kier molecular flexibility index (Phi) is 6.59. The fraction of sp³-hybridized carbons (Fsp3) is 0.900. The Labute approximate surface area is 80.8 Å². The molecule has 0 aliphatic heterocycles. The predicted octanol–water partition coefficient (Wildman–Crippen LogP) is 1.57. The molecule has 0 aromatic carbocycles. The van der Waals surface area contributed by atoms with Crippen LogP contribution in [0.4, 0.5) is 0 Å². The third-order valence-electron chi connectivity index (χ3n) is 1.98. The molecule has 0 bridgehead atoms. The van der Waals surface area contributed by atoms with Gasteiger partial charge in [0.1, 0.15) is 6.04 Å². The summed E-state index contributed by atoms with van der Waals surface area (Å²) in [4.78, 5) is 11.3. The molecule has 0 spiro atoms. The third-order valence-corrected chi connectivity index (χ3v) is 1.98. The minimum atomic E-state index is -0.146. The Morgan fingerprint density at radius 2 is 2.08 bits per heavy atom. The standard InChI is InChI=1S/C10H21NO2/c1-5-9(11-4)10(12)13-7-6-8(2)3/h8-9,11H,5-7H2,1-4H3. The summed E-state index contributed by atoms with van der Waals surface area (Å²) in [6.45, 7) is 6.73. The Balaban J connectivity index is 3.60. The highest BCUT2D eigenvalue weighted by Gasteiger charge is 2.14. The molecule has 0 amide bonds. The van der Waals surface area contributed by atoms with Crippen LogP contribution in [0.1, 0.15) is 33.6 Å². The van der Waals surface area contributed by atoms with Crippen LogP contribution < -0.4 is 5.32 Å². The minimum absolute atomic E-state index is 0.134. The van der Waals surface area contributed by atoms with Crippen LogP contribution in [-0.4, -0.2) is 25.7 Å². The first-order valence-electron chi connectivity index (χ1n) is 4.95. The first-order chi connectivity index (χ1) is 6.11. The van der Waals surface area contributed by atoms with E-state index >= 15 is 0 Å². The van der Waals surface area contributed by atoms with E-state index in [0.29, 0.717) is 12.5 Å². The summed E-state index contributed by atoms with van der Waals surface area (Å²) in [5.41, 5.74) is 0. The van der Waals surface area contributed by atoms with Crippen molar-refractivity contribution in [1.82, 2.24) is 5.32 Å². The number of rotatable bonds is 6. The molecule has 0 heterocycles. The molecule has 0 aliphatic carbocycles. The van der Waals surface area contributed by atoms with Crippen LogP contribution in [-0.2, 0) is 9.53 Å². The second kappa shape index (κ2) is 6.89. The smallest absolute Gasteiger partial charge is 0.323 e. The maximum absolute atomic E-state index is 11.3. The number of nitrogens with one attached hydrogen (secondary N) is 1. The van der Waals surface area contributed by atoms with Crippen molar-refractivity contribution in [2.75, 3.05) is 13.7 Å². The zero-order valence-corrected chi connectivity index (χ0v) is 9.09. The van der Waals surface area contributed by atoms with E-state index in [0.717, 1.165) is 12.8 Å². The van der Waals surface area contributed by atoms with Gasteiger partial charge >= 0.3 is 5.97 Å². The number of likely N-dealkylation sites (N-methyl/N-ethyl adjacent to an activating group) is 1. The van der Waals surface area contributed by atoms with Crippen molar-refractivity contribution < 1.29 is 9.53 Å². The van der Waals surface area contributed by atoms with Gasteiger partial charge in [0.15, 0.2) is 0 Å². The molecular formula is C10H21NO2. The van der Waals surface area contributed by atoms with Gasteiger partial charge in [0.2, 0.25) is 0 Å². The van der Waals surface area contributed by atoms with Gasteiger partial charge in [0.25, 0.3) is 0 Å². The molecule has 1 unspecified atom stereocenters. The van der Waals surface area contributed by atoms with Gasteiger partial charge < -0.3 is 10.1 Å². The zero-order valence-electron chi connectivity index (χ0n) is 9.09. The number of hydrogen-bond acceptors (Lipinski definition) is 3. The van der Waals surface area contributed by atoms with Crippen LogP contribution in [0.15, 0.2) is 0 Å². The molecule has 1 N–H and O–H groups in total. The lowest BCUT2D eigenvalue weighted by atomic mass is 10.1. The van der Waals surface area contributed by atoms with Gasteiger partial charge in [0.05, 0.1) is 6.61 Å². The normalized spacial score (nSPS) is 13.0. The monoisotopic (exact) mass is 187 g/mol. The van der Waals surface area contributed by atoms with Crippen molar-refractivity contribution in [1.29, 1.82) is 0 Å². The highest BCUT2D eigenvalue weighted by molar-refractivity contribution is 5.75. The van der Waals surface area contributed by atoms with E-state index in [1.165, 1.54) is 0 Å². The molecule has 13 heavy (non-hydrogen) atoms. The average molecular weight is 187 g/mol. The van der Waals surface area contributed by atoms with Crippen molar-refractivity contribution in [3.8, 4) is 0 Å². The van der Waals surface area contributed by atoms with E-state index < -0.39 is 0 Å². The molecule has 78 valence electrons. The summed E-state index contributed by atoms with van der Waals surface area (Å²) in [6.07, 6.45) is 1.71. The maximum Gasteiger partial charge on any atom is 0.323 e. The SMILES string of the molecule is CCC(NC)C(=O)OCCC(C)C. The number of esters is 1. The molecule has 1 atom stereocenters. The Hall–Kier alpha value is -0.570. The topological polar surface area (TPSA) is 38.3 Å². The summed E-state index contributed by atoms with van der Waals surface area (Å²) >= 11 is 0. The summed E-state index contributed by atoms with van der Waals surface area (Å²) in [7, 11) is 1.78. The van der Waals surface area contributed by atoms with Gasteiger partial charge in [-0.15, -0.1) is 0 Å². The molecule has 0 fully saturated rings. The van der Waals surface area contributed by atoms with E-state index in [1.54, 1.807) is 7.05 Å². The highest BCUT2D eigenvalue weighted by Crippen LogP contribution is 2.01. The number of hydrogen-bond donors (Lipinski definition) is 1. The molecule has 0 rings (SSSR count). The van der Waals surface area contributed by atoms with Crippen molar-refractivity contribution in [2.45, 2.75) is 39.7 Å². The van der Waals surface area contributed by atoms with Crippen LogP contribution in [0.25, 0.3) is 0 Å². The van der Waals surface area contributed by atoms with Gasteiger partial charge in [-0.2, -0.15) is 0 Å². The van der Waals surface area contributed by atoms with E-state index in [1.807, 2.05) is 6.92 Å². The van der Waals surface area contributed by atoms with Crippen molar-refractivity contribution in [2.24, 2.45) is 5.92 Å². The van der Waals surface area contributed by atoms with Gasteiger partial charge in [-0.25, -0.2) is 0 Å². The predicted molar refractivity (Wildman–Crippen MR) is 53.6 cm³/mol. The molecule has 3 nitrogen and oxygen atoms in total. The van der Waals surface area contributed by atoms with Crippen LogP contribution in [0, 0.1) is 5.92 Å². The van der Waals surface area contributed by atoms with E-state index in [-0.39, 0.29) is 12.0 Å². The highest BCUT2D eigenvalue weighted by atomic mass is 16.5. The Bertz CT molecular complexity index is 142. The molecule has 0 aromatic heterocycles. The van der Waals surface area contributed by atoms with Gasteiger partial charge in [0, 0.05) is 0 Å². The van der Waals surface area contributed by atoms with Gasteiger partial charge in [-0.1, -0.05) is 20.8 Å². The zero-order chi connectivity index (χ0) is 10.3. The lowest BCUT2D eigenvalue weighted by Crippen LogP contribution is -2.35. The second-order valence-electron chi connectivity index (χ2n) is 3.60. The fourth-order valence-corrected chi connectivity index (χ4v) is 0.984. The lowest BCUT2D eigenvalue weighted by Gasteiger charge is -2.13. The lowest BCUT2D eigenvalue weighted by molar-refractivity contribution is -0.146. The first-order valence-corrected chi connectivity index (χ1v) is 4.95. The van der Waals surface area contributed by atoms with Crippen LogP contribution >= 0.6 is 0 Å². The minimum Gasteiger partial charge on any atom is -0.465 e. The maximum atomic E-state index is 11.3. The summed E-state index contributed by atoms with van der Waals surface area (Å²) < 4.78 is 5.10. The van der Waals surface area contributed by atoms with Gasteiger partial charge in [-0.3, -0.25) is 4.79 Å². The van der Waals surface area contributed by atoms with Crippen molar-refractivity contribution in [3.63, 3.8) is 0 Å². The summed E-state index contributed by atoms with van der Waals surface area (Å²) in [5.74, 6) is 0.452. The largest absolute Gasteiger partial charge is 0.465 e. The van der Waals surface area contributed by atoms with E-state index in [9.17, 15) is 4.79 Å². The number of carbonyl (C=O) groups is 1. The fourth-order valence-electron chi connectivity index (χ4n) is 0.984. The molecule has 0 aliphatic rings. The number of carbonyl (C=O) groups excluding carboxylic acids is 1. The van der Waals surface area contributed by atoms with Gasteiger partial charge in [-0.05, 0) is 25.8 Å². The molecule has 0 saturated heterocycles. The molecule has 0 radical (unpaired) electrons. The van der Waals surface area contributed by atoms with Crippen LogP contribution in [0.2, 0.25) is 0 Å². The quantitative estimate of drug-likeness (QED) is 0.641. The summed E-state index contributed by atoms with van der Waals surface area (Å²) in [6, 6.07) is -0.146. The molecule has 0 saturated carbocycles. The molecule has 0 aromatic rings. The summed E-state index contributed by atoms with van der Waals surface area (Å²) in [5, 5.41) is 2.92. The molecule has 3 heteroatoms. The van der Waals surface area contributed by atoms with E-state index in [4.69, 9.17) is 4.74 Å². The second-order valence-corrected chi connectivity index (χ2v) is 3.60. The number of ether oxygens (including phenoxy) is 1. The van der Waals surface area contributed by atoms with E-state index in [2.05, 4.69) is 19.2 Å². The van der Waals surface area contributed by atoms with Crippen molar-refractivity contribution >= 4 is 5.97 Å². The van der Waals surface area contributed by atoms with Crippen LogP contribution in [0.5, 0.6) is 0 Å².